The first-order valence-electron chi connectivity index (χ1n) is 5.81. The summed E-state index contributed by atoms with van der Waals surface area (Å²) < 4.78 is 26.5. The molecule has 2 aromatic rings. The van der Waals surface area contributed by atoms with Crippen molar-refractivity contribution in [2.45, 2.75) is 19.5 Å². The number of alkyl halides is 2. The molecule has 5 heteroatoms. The molecule has 0 radical (unpaired) electrons. The highest BCUT2D eigenvalue weighted by Crippen LogP contribution is 2.18. The minimum absolute atomic E-state index is 0.0651. The summed E-state index contributed by atoms with van der Waals surface area (Å²) in [6.07, 6.45) is 1.24. The summed E-state index contributed by atoms with van der Waals surface area (Å²) >= 11 is 0. The van der Waals surface area contributed by atoms with Crippen LogP contribution in [0.4, 0.5) is 8.78 Å². The molecule has 96 valence electrons. The fourth-order valence-electron chi connectivity index (χ4n) is 1.64. The van der Waals surface area contributed by atoms with E-state index in [1.165, 1.54) is 12.1 Å². The molecule has 0 bridgehead atoms. The van der Waals surface area contributed by atoms with Crippen molar-refractivity contribution in [1.82, 2.24) is 15.1 Å². The van der Waals surface area contributed by atoms with Crippen LogP contribution in [0.2, 0.25) is 0 Å². The third kappa shape index (κ3) is 3.63. The maximum absolute atomic E-state index is 12.3. The molecule has 0 saturated heterocycles. The van der Waals surface area contributed by atoms with Gasteiger partial charge < -0.3 is 5.32 Å². The SMILES string of the molecule is FC(F)c1ccc(CNCCn2cccn2)cc1. The summed E-state index contributed by atoms with van der Waals surface area (Å²) in [5.74, 6) is 0. The average Bonchev–Trinajstić information content (AvgIpc) is 2.88. The number of hydrogen-bond donors (Lipinski definition) is 1. The van der Waals surface area contributed by atoms with Crippen LogP contribution in [-0.4, -0.2) is 16.3 Å². The Kier molecular flexibility index (Phi) is 4.41. The van der Waals surface area contributed by atoms with Crippen LogP contribution in [0.5, 0.6) is 0 Å². The summed E-state index contributed by atoms with van der Waals surface area (Å²) in [5, 5.41) is 7.33. The Morgan fingerprint density at radius 1 is 1.22 bits per heavy atom. The molecule has 0 fully saturated rings. The molecule has 0 atom stereocenters. The van der Waals surface area contributed by atoms with Crippen LogP contribution in [0.15, 0.2) is 42.7 Å². The summed E-state index contributed by atoms with van der Waals surface area (Å²) in [6.45, 7) is 2.26. The molecule has 1 heterocycles. The molecule has 0 spiro atoms. The lowest BCUT2D eigenvalue weighted by atomic mass is 10.1. The van der Waals surface area contributed by atoms with Crippen molar-refractivity contribution in [2.75, 3.05) is 6.54 Å². The van der Waals surface area contributed by atoms with Crippen LogP contribution >= 0.6 is 0 Å². The highest BCUT2D eigenvalue weighted by Gasteiger charge is 2.05. The van der Waals surface area contributed by atoms with Gasteiger partial charge in [-0.25, -0.2) is 8.78 Å². The van der Waals surface area contributed by atoms with E-state index in [1.54, 1.807) is 18.3 Å². The number of halogens is 2. The number of nitrogens with one attached hydrogen (secondary N) is 1. The van der Waals surface area contributed by atoms with Gasteiger partial charge in [-0.15, -0.1) is 0 Å². The van der Waals surface area contributed by atoms with Gasteiger partial charge in [0, 0.05) is 31.0 Å². The fourth-order valence-corrected chi connectivity index (χ4v) is 1.64. The quantitative estimate of drug-likeness (QED) is 0.800. The molecular weight excluding hydrogens is 236 g/mol. The first-order chi connectivity index (χ1) is 8.75. The maximum atomic E-state index is 12.3. The third-order valence-electron chi connectivity index (χ3n) is 2.64. The molecule has 0 aliphatic rings. The van der Waals surface area contributed by atoms with E-state index >= 15 is 0 Å². The molecular formula is C13H15F2N3. The zero-order valence-corrected chi connectivity index (χ0v) is 9.89. The number of hydrogen-bond acceptors (Lipinski definition) is 2. The van der Waals surface area contributed by atoms with Gasteiger partial charge in [0.05, 0.1) is 6.54 Å². The smallest absolute Gasteiger partial charge is 0.263 e. The van der Waals surface area contributed by atoms with Crippen molar-refractivity contribution < 1.29 is 8.78 Å². The van der Waals surface area contributed by atoms with Crippen LogP contribution in [-0.2, 0) is 13.1 Å². The molecule has 0 saturated carbocycles. The lowest BCUT2D eigenvalue weighted by Gasteiger charge is -2.06. The third-order valence-corrected chi connectivity index (χ3v) is 2.64. The summed E-state index contributed by atoms with van der Waals surface area (Å²) in [7, 11) is 0. The van der Waals surface area contributed by atoms with Gasteiger partial charge in [0.1, 0.15) is 0 Å². The molecule has 0 aliphatic carbocycles. The van der Waals surface area contributed by atoms with Crippen LogP contribution in [0.25, 0.3) is 0 Å². The van der Waals surface area contributed by atoms with Crippen LogP contribution in [0.1, 0.15) is 17.6 Å². The van der Waals surface area contributed by atoms with E-state index in [0.29, 0.717) is 6.54 Å². The standard InChI is InChI=1S/C13H15F2N3/c14-13(15)12-4-2-11(3-5-12)10-16-7-9-18-8-1-6-17-18/h1-6,8,13,16H,7,9-10H2. The highest BCUT2D eigenvalue weighted by atomic mass is 19.3. The van der Waals surface area contributed by atoms with E-state index in [2.05, 4.69) is 10.4 Å². The van der Waals surface area contributed by atoms with Crippen molar-refractivity contribution in [2.24, 2.45) is 0 Å². The Morgan fingerprint density at radius 3 is 2.61 bits per heavy atom. The molecule has 18 heavy (non-hydrogen) atoms. The van der Waals surface area contributed by atoms with Crippen LogP contribution in [0, 0.1) is 0 Å². The van der Waals surface area contributed by atoms with Crippen LogP contribution < -0.4 is 5.32 Å². The van der Waals surface area contributed by atoms with Crippen molar-refractivity contribution in [3.05, 3.63) is 53.9 Å². The first-order valence-corrected chi connectivity index (χ1v) is 5.81. The van der Waals surface area contributed by atoms with E-state index < -0.39 is 6.43 Å². The van der Waals surface area contributed by atoms with E-state index in [1.807, 2.05) is 16.9 Å². The van der Waals surface area contributed by atoms with E-state index in [0.717, 1.165) is 18.7 Å². The molecule has 2 rings (SSSR count). The van der Waals surface area contributed by atoms with Gasteiger partial charge in [0.25, 0.3) is 6.43 Å². The minimum Gasteiger partial charge on any atom is -0.311 e. The Labute approximate surface area is 104 Å². The van der Waals surface area contributed by atoms with Crippen molar-refractivity contribution in [1.29, 1.82) is 0 Å². The maximum Gasteiger partial charge on any atom is 0.263 e. The summed E-state index contributed by atoms with van der Waals surface area (Å²) in [4.78, 5) is 0. The van der Waals surface area contributed by atoms with Gasteiger partial charge in [-0.3, -0.25) is 4.68 Å². The van der Waals surface area contributed by atoms with E-state index in [9.17, 15) is 8.78 Å². The minimum atomic E-state index is -2.40. The Balaban J connectivity index is 1.73. The van der Waals surface area contributed by atoms with Gasteiger partial charge >= 0.3 is 0 Å². The van der Waals surface area contributed by atoms with Crippen molar-refractivity contribution in [3.63, 3.8) is 0 Å². The van der Waals surface area contributed by atoms with E-state index in [4.69, 9.17) is 0 Å². The lowest BCUT2D eigenvalue weighted by Crippen LogP contribution is -2.19. The first kappa shape index (κ1) is 12.7. The number of nitrogens with zero attached hydrogens (tertiary/aromatic N) is 2. The summed E-state index contributed by atoms with van der Waals surface area (Å²) in [5.41, 5.74) is 1.06. The average molecular weight is 251 g/mol. The van der Waals surface area contributed by atoms with Crippen LogP contribution in [0.3, 0.4) is 0 Å². The largest absolute Gasteiger partial charge is 0.311 e. The number of rotatable bonds is 6. The van der Waals surface area contributed by atoms with E-state index in [-0.39, 0.29) is 5.56 Å². The molecule has 1 aromatic heterocycles. The zero-order valence-electron chi connectivity index (χ0n) is 9.89. The molecule has 1 aromatic carbocycles. The molecule has 3 nitrogen and oxygen atoms in total. The van der Waals surface area contributed by atoms with Crippen molar-refractivity contribution in [3.8, 4) is 0 Å². The second-order valence-corrected chi connectivity index (χ2v) is 3.99. The lowest BCUT2D eigenvalue weighted by molar-refractivity contribution is 0.151. The number of aromatic nitrogens is 2. The zero-order chi connectivity index (χ0) is 12.8. The van der Waals surface area contributed by atoms with Crippen molar-refractivity contribution >= 4 is 0 Å². The topological polar surface area (TPSA) is 29.9 Å². The van der Waals surface area contributed by atoms with Gasteiger partial charge in [0.2, 0.25) is 0 Å². The second kappa shape index (κ2) is 6.26. The van der Waals surface area contributed by atoms with Gasteiger partial charge in [-0.05, 0) is 11.6 Å². The predicted molar refractivity (Wildman–Crippen MR) is 65.3 cm³/mol. The highest BCUT2D eigenvalue weighted by molar-refractivity contribution is 5.23. The molecule has 1 N–H and O–H groups in total. The monoisotopic (exact) mass is 251 g/mol. The number of benzene rings is 1. The van der Waals surface area contributed by atoms with Gasteiger partial charge in [0.15, 0.2) is 0 Å². The molecule has 0 aliphatic heterocycles. The fraction of sp³-hybridized carbons (Fsp3) is 0.308. The molecule has 0 amide bonds. The Bertz CT molecular complexity index is 452. The van der Waals surface area contributed by atoms with Gasteiger partial charge in [-0.1, -0.05) is 24.3 Å². The Hall–Kier alpha value is -1.75. The second-order valence-electron chi connectivity index (χ2n) is 3.99. The molecule has 0 unspecified atom stereocenters. The summed E-state index contributed by atoms with van der Waals surface area (Å²) in [6, 6.07) is 8.26. The Morgan fingerprint density at radius 2 is 2.00 bits per heavy atom. The van der Waals surface area contributed by atoms with Gasteiger partial charge in [-0.2, -0.15) is 5.10 Å². The normalized spacial score (nSPS) is 11.1. The predicted octanol–water partition coefficient (Wildman–Crippen LogP) is 2.61.